The van der Waals surface area contributed by atoms with E-state index in [4.69, 9.17) is 5.11 Å². The summed E-state index contributed by atoms with van der Waals surface area (Å²) in [5.41, 5.74) is -1.02. The molecule has 1 aromatic carbocycles. The summed E-state index contributed by atoms with van der Waals surface area (Å²) in [6, 6.07) is 3.08. The smallest absolute Gasteiger partial charge is 0.278 e. The Morgan fingerprint density at radius 3 is 2.44 bits per heavy atom. The number of nitrogens with zero attached hydrogens (tertiary/aromatic N) is 1. The number of hydrogen-bond donors (Lipinski definition) is 1. The van der Waals surface area contributed by atoms with Crippen LogP contribution in [0.4, 0.5) is 5.69 Å². The monoisotopic (exact) mass is 271 g/mol. The van der Waals surface area contributed by atoms with Crippen LogP contribution < -0.4 is 0 Å². The van der Waals surface area contributed by atoms with Crippen molar-refractivity contribution in [2.75, 3.05) is 6.26 Å². The highest BCUT2D eigenvalue weighted by molar-refractivity contribution is 7.90. The first-order chi connectivity index (χ1) is 8.31. The molecule has 18 heavy (non-hydrogen) atoms. The molecule has 0 aliphatic rings. The average Bonchev–Trinajstić information content (AvgIpc) is 2.29. The van der Waals surface area contributed by atoms with Crippen molar-refractivity contribution in [1.29, 1.82) is 0 Å². The zero-order valence-electron chi connectivity index (χ0n) is 9.23. The molecular weight excluding hydrogens is 262 g/mol. The van der Waals surface area contributed by atoms with E-state index < -0.39 is 20.4 Å². The second-order valence-corrected chi connectivity index (χ2v) is 5.43. The molecule has 96 valence electrons. The van der Waals surface area contributed by atoms with Crippen LogP contribution in [-0.4, -0.2) is 31.0 Å². The lowest BCUT2D eigenvalue weighted by Gasteiger charge is -2.03. The number of nitro benzene ring substituents is 1. The van der Waals surface area contributed by atoms with E-state index >= 15 is 0 Å². The van der Waals surface area contributed by atoms with Gasteiger partial charge in [0.15, 0.2) is 16.1 Å². The normalized spacial score (nSPS) is 12.2. The van der Waals surface area contributed by atoms with Crippen LogP contribution in [0.1, 0.15) is 5.56 Å². The van der Waals surface area contributed by atoms with E-state index in [2.05, 4.69) is 0 Å². The number of rotatable bonds is 4. The van der Waals surface area contributed by atoms with Gasteiger partial charge in [0, 0.05) is 12.3 Å². The minimum absolute atomic E-state index is 0.148. The lowest BCUT2D eigenvalue weighted by Crippen LogP contribution is -2.02. The number of aldehydes is 1. The van der Waals surface area contributed by atoms with E-state index in [1.165, 1.54) is 0 Å². The maximum Gasteiger partial charge on any atom is 0.278 e. The number of hydrogen-bond acceptors (Lipinski definition) is 6. The van der Waals surface area contributed by atoms with Crippen LogP contribution in [0.25, 0.3) is 5.57 Å². The van der Waals surface area contributed by atoms with E-state index in [1.807, 2.05) is 0 Å². The number of allylic oxidation sites excluding steroid dienone is 1. The van der Waals surface area contributed by atoms with Gasteiger partial charge in [-0.25, -0.2) is 8.42 Å². The predicted molar refractivity (Wildman–Crippen MR) is 62.9 cm³/mol. The summed E-state index contributed by atoms with van der Waals surface area (Å²) in [6.45, 7) is 0. The van der Waals surface area contributed by atoms with Crippen molar-refractivity contribution in [1.82, 2.24) is 0 Å². The molecule has 1 N–H and O–H groups in total. The maximum atomic E-state index is 11.3. The van der Waals surface area contributed by atoms with Crippen molar-refractivity contribution in [3.63, 3.8) is 0 Å². The Balaban J connectivity index is 3.58. The van der Waals surface area contributed by atoms with E-state index in [1.54, 1.807) is 0 Å². The van der Waals surface area contributed by atoms with Gasteiger partial charge in [-0.1, -0.05) is 0 Å². The largest absolute Gasteiger partial charge is 0.515 e. The SMILES string of the molecule is CS(=O)(=O)c1ccc(C(C=O)=CO)c([N+](=O)[O-])c1. The van der Waals surface area contributed by atoms with Crippen LogP contribution in [-0.2, 0) is 14.6 Å². The number of nitro groups is 1. The third-order valence-electron chi connectivity index (χ3n) is 2.17. The highest BCUT2D eigenvalue weighted by Crippen LogP contribution is 2.27. The van der Waals surface area contributed by atoms with Crippen LogP contribution >= 0.6 is 0 Å². The Bertz CT molecular complexity index is 632. The standard InChI is InChI=1S/C10H9NO6S/c1-18(16,17)8-2-3-9(7(5-12)6-13)10(4-8)11(14)15/h2-6,12H,1H3. The summed E-state index contributed by atoms with van der Waals surface area (Å²) in [6.07, 6.45) is 1.58. The minimum atomic E-state index is -3.59. The molecule has 0 aliphatic heterocycles. The Morgan fingerprint density at radius 1 is 1.44 bits per heavy atom. The number of sulfone groups is 1. The van der Waals surface area contributed by atoms with Crippen molar-refractivity contribution in [3.8, 4) is 0 Å². The first-order valence-corrected chi connectivity index (χ1v) is 6.49. The second-order valence-electron chi connectivity index (χ2n) is 3.41. The van der Waals surface area contributed by atoms with Crippen LogP contribution in [0.3, 0.4) is 0 Å². The van der Waals surface area contributed by atoms with Gasteiger partial charge < -0.3 is 5.11 Å². The zero-order valence-corrected chi connectivity index (χ0v) is 10.0. The van der Waals surface area contributed by atoms with Crippen molar-refractivity contribution >= 4 is 27.4 Å². The minimum Gasteiger partial charge on any atom is -0.515 e. The van der Waals surface area contributed by atoms with Gasteiger partial charge in [-0.15, -0.1) is 0 Å². The molecule has 1 rings (SSSR count). The van der Waals surface area contributed by atoms with Crippen LogP contribution in [0.5, 0.6) is 0 Å². The van der Waals surface area contributed by atoms with Gasteiger partial charge in [0.2, 0.25) is 0 Å². The number of aliphatic hydroxyl groups excluding tert-OH is 1. The van der Waals surface area contributed by atoms with Crippen molar-refractivity contribution in [2.24, 2.45) is 0 Å². The van der Waals surface area contributed by atoms with Crippen molar-refractivity contribution < 1.29 is 23.2 Å². The fourth-order valence-corrected chi connectivity index (χ4v) is 1.94. The quantitative estimate of drug-likeness (QED) is 0.288. The van der Waals surface area contributed by atoms with Gasteiger partial charge in [0.25, 0.3) is 5.69 Å². The van der Waals surface area contributed by atoms with E-state index in [0.717, 1.165) is 24.5 Å². The van der Waals surface area contributed by atoms with Gasteiger partial charge in [0.05, 0.1) is 27.2 Å². The predicted octanol–water partition coefficient (Wildman–Crippen LogP) is 1.10. The topological polar surface area (TPSA) is 115 Å². The Kier molecular flexibility index (Phi) is 3.82. The highest BCUT2D eigenvalue weighted by Gasteiger charge is 2.20. The number of benzene rings is 1. The van der Waals surface area contributed by atoms with Gasteiger partial charge in [-0.05, 0) is 12.1 Å². The molecule has 0 saturated heterocycles. The molecule has 1 aromatic rings. The fourth-order valence-electron chi connectivity index (χ4n) is 1.30. The highest BCUT2D eigenvalue weighted by atomic mass is 32.2. The molecule has 7 nitrogen and oxygen atoms in total. The molecule has 0 heterocycles. The molecule has 0 radical (unpaired) electrons. The van der Waals surface area contributed by atoms with Crippen molar-refractivity contribution in [2.45, 2.75) is 4.90 Å². The van der Waals surface area contributed by atoms with E-state index in [-0.39, 0.29) is 22.3 Å². The molecule has 0 atom stereocenters. The Labute approximate surface area is 102 Å². The number of carbonyl (C=O) groups is 1. The molecular formula is C10H9NO6S. The molecule has 0 spiro atoms. The van der Waals surface area contributed by atoms with Gasteiger partial charge in [-0.3, -0.25) is 14.9 Å². The summed E-state index contributed by atoms with van der Waals surface area (Å²) in [7, 11) is -3.59. The molecule has 0 fully saturated rings. The second kappa shape index (κ2) is 4.96. The first-order valence-electron chi connectivity index (χ1n) is 4.59. The van der Waals surface area contributed by atoms with E-state index in [0.29, 0.717) is 6.26 Å². The lowest BCUT2D eigenvalue weighted by atomic mass is 10.1. The lowest BCUT2D eigenvalue weighted by molar-refractivity contribution is -0.385. The summed E-state index contributed by atoms with van der Waals surface area (Å²) in [5, 5.41) is 19.6. The Morgan fingerprint density at radius 2 is 2.06 bits per heavy atom. The molecule has 0 saturated carbocycles. The molecule has 0 aromatic heterocycles. The number of carbonyl (C=O) groups excluding carboxylic acids is 1. The summed E-state index contributed by atoms with van der Waals surface area (Å²) >= 11 is 0. The Hall–Kier alpha value is -2.22. The summed E-state index contributed by atoms with van der Waals surface area (Å²) in [4.78, 5) is 20.4. The summed E-state index contributed by atoms with van der Waals surface area (Å²) in [5.74, 6) is 0. The molecule has 0 amide bonds. The van der Waals surface area contributed by atoms with Crippen LogP contribution in [0.15, 0.2) is 29.4 Å². The zero-order chi connectivity index (χ0) is 13.9. The third kappa shape index (κ3) is 2.72. The van der Waals surface area contributed by atoms with Gasteiger partial charge in [0.1, 0.15) is 0 Å². The van der Waals surface area contributed by atoms with E-state index in [9.17, 15) is 23.3 Å². The van der Waals surface area contributed by atoms with Gasteiger partial charge in [-0.2, -0.15) is 0 Å². The van der Waals surface area contributed by atoms with Crippen molar-refractivity contribution in [3.05, 3.63) is 40.1 Å². The average molecular weight is 271 g/mol. The maximum absolute atomic E-state index is 11.3. The summed E-state index contributed by atoms with van der Waals surface area (Å²) < 4.78 is 22.5. The van der Waals surface area contributed by atoms with Crippen LogP contribution in [0.2, 0.25) is 0 Å². The first kappa shape index (κ1) is 13.8. The fraction of sp³-hybridized carbons (Fsp3) is 0.100. The molecule has 8 heteroatoms. The number of aliphatic hydroxyl groups is 1. The van der Waals surface area contributed by atoms with Crippen LogP contribution in [0, 0.1) is 10.1 Å². The third-order valence-corrected chi connectivity index (χ3v) is 3.28. The molecule has 0 aliphatic carbocycles. The van der Waals surface area contributed by atoms with Gasteiger partial charge >= 0.3 is 0 Å². The molecule has 0 bridgehead atoms. The molecule has 0 unspecified atom stereocenters.